The van der Waals surface area contributed by atoms with Crippen LogP contribution in [-0.4, -0.2) is 48.7 Å². The molecule has 26 heavy (non-hydrogen) atoms. The molecule has 0 saturated heterocycles. The maximum atomic E-state index is 13.0. The lowest BCUT2D eigenvalue weighted by Gasteiger charge is -2.19. The van der Waals surface area contributed by atoms with Crippen molar-refractivity contribution in [3.63, 3.8) is 0 Å². The standard InChI is InChI=1S/C19H22Cl2FN3O/c20-7-11-24(12-8-21)13-9-23-19(26)17-2-1-10-25(15-17)14-16-3-5-18(22)6-4-16/h1-6,10,15H,7-9,11-14H2/p+1. The van der Waals surface area contributed by atoms with Gasteiger partial charge in [0.25, 0.3) is 5.91 Å². The number of rotatable bonds is 10. The Hall–Kier alpha value is -1.69. The van der Waals surface area contributed by atoms with Crippen molar-refractivity contribution in [2.45, 2.75) is 6.54 Å². The fraction of sp³-hybridized carbons (Fsp3) is 0.368. The highest BCUT2D eigenvalue weighted by Gasteiger charge is 2.12. The molecule has 7 heteroatoms. The summed E-state index contributed by atoms with van der Waals surface area (Å²) in [6.07, 6.45) is 3.66. The summed E-state index contributed by atoms with van der Waals surface area (Å²) >= 11 is 11.5. The molecule has 0 atom stereocenters. The number of hydrogen-bond donors (Lipinski definition) is 1. The minimum Gasteiger partial charge on any atom is -0.351 e. The Morgan fingerprint density at radius 2 is 1.77 bits per heavy atom. The molecule has 0 spiro atoms. The van der Waals surface area contributed by atoms with Crippen molar-refractivity contribution >= 4 is 29.1 Å². The van der Waals surface area contributed by atoms with E-state index in [2.05, 4.69) is 10.2 Å². The van der Waals surface area contributed by atoms with Gasteiger partial charge in [-0.3, -0.25) is 9.69 Å². The second-order valence-corrected chi connectivity index (χ2v) is 6.62. The lowest BCUT2D eigenvalue weighted by atomic mass is 10.2. The van der Waals surface area contributed by atoms with Crippen LogP contribution in [0.15, 0.2) is 48.8 Å². The molecule has 1 aromatic heterocycles. The van der Waals surface area contributed by atoms with Crippen molar-refractivity contribution < 1.29 is 13.8 Å². The first-order valence-electron chi connectivity index (χ1n) is 8.48. The fourth-order valence-corrected chi connectivity index (χ4v) is 3.04. The molecule has 2 rings (SSSR count). The number of carbonyl (C=O) groups excluding carboxylic acids is 1. The number of carbonyl (C=O) groups is 1. The highest BCUT2D eigenvalue weighted by atomic mass is 35.5. The van der Waals surface area contributed by atoms with Crippen LogP contribution in [0.1, 0.15) is 15.9 Å². The van der Waals surface area contributed by atoms with E-state index in [-0.39, 0.29) is 11.7 Å². The average Bonchev–Trinajstić information content (AvgIpc) is 2.64. The third-order valence-electron chi connectivity index (χ3n) is 3.91. The van der Waals surface area contributed by atoms with Crippen molar-refractivity contribution in [2.24, 2.45) is 0 Å². The molecule has 0 aliphatic heterocycles. The van der Waals surface area contributed by atoms with Crippen LogP contribution in [0.4, 0.5) is 4.39 Å². The zero-order chi connectivity index (χ0) is 18.8. The molecule has 0 bridgehead atoms. The van der Waals surface area contributed by atoms with Gasteiger partial charge in [-0.2, -0.15) is 4.57 Å². The van der Waals surface area contributed by atoms with E-state index >= 15 is 0 Å². The summed E-state index contributed by atoms with van der Waals surface area (Å²) in [5.41, 5.74) is 1.54. The second kappa shape index (κ2) is 11.1. The predicted molar refractivity (Wildman–Crippen MR) is 102 cm³/mol. The summed E-state index contributed by atoms with van der Waals surface area (Å²) in [7, 11) is 0. The van der Waals surface area contributed by atoms with E-state index in [0.717, 1.165) is 18.7 Å². The summed E-state index contributed by atoms with van der Waals surface area (Å²) < 4.78 is 14.9. The van der Waals surface area contributed by atoms with E-state index in [1.54, 1.807) is 24.4 Å². The second-order valence-electron chi connectivity index (χ2n) is 5.87. The Morgan fingerprint density at radius 1 is 1.08 bits per heavy atom. The number of benzene rings is 1. The molecule has 140 valence electrons. The van der Waals surface area contributed by atoms with Crippen LogP contribution in [0, 0.1) is 5.82 Å². The molecule has 4 nitrogen and oxygen atoms in total. The first kappa shape index (κ1) is 20.6. The van der Waals surface area contributed by atoms with Crippen molar-refractivity contribution in [2.75, 3.05) is 37.9 Å². The Morgan fingerprint density at radius 3 is 2.42 bits per heavy atom. The number of halogens is 3. The summed E-state index contributed by atoms with van der Waals surface area (Å²) in [4.78, 5) is 14.5. The van der Waals surface area contributed by atoms with Gasteiger partial charge in [0, 0.05) is 49.6 Å². The van der Waals surface area contributed by atoms with Crippen LogP contribution in [0.3, 0.4) is 0 Å². The monoisotopic (exact) mass is 398 g/mol. The molecule has 1 aromatic carbocycles. The van der Waals surface area contributed by atoms with Crippen molar-refractivity contribution in [3.8, 4) is 0 Å². The SMILES string of the molecule is O=C(NCCN(CCCl)CCCl)c1ccc[n+](Cc2ccc(F)cc2)c1. The lowest BCUT2D eigenvalue weighted by molar-refractivity contribution is -0.688. The van der Waals surface area contributed by atoms with E-state index in [1.807, 2.05) is 16.8 Å². The first-order valence-corrected chi connectivity index (χ1v) is 9.55. The predicted octanol–water partition coefficient (Wildman–Crippen LogP) is 2.67. The van der Waals surface area contributed by atoms with E-state index in [4.69, 9.17) is 23.2 Å². The molecule has 1 N–H and O–H groups in total. The van der Waals surface area contributed by atoms with Gasteiger partial charge in [0.1, 0.15) is 11.4 Å². The van der Waals surface area contributed by atoms with Crippen LogP contribution < -0.4 is 9.88 Å². The number of alkyl halides is 2. The van der Waals surface area contributed by atoms with Crippen LogP contribution in [0.25, 0.3) is 0 Å². The van der Waals surface area contributed by atoms with Gasteiger partial charge < -0.3 is 5.32 Å². The van der Waals surface area contributed by atoms with Crippen molar-refractivity contribution in [1.82, 2.24) is 10.2 Å². The Bertz CT molecular complexity index is 691. The molecular weight excluding hydrogens is 376 g/mol. The Labute approximate surface area is 163 Å². The molecule has 1 heterocycles. The highest BCUT2D eigenvalue weighted by molar-refractivity contribution is 6.18. The minimum atomic E-state index is -0.260. The van der Waals surface area contributed by atoms with Gasteiger partial charge in [0.2, 0.25) is 0 Å². The van der Waals surface area contributed by atoms with Gasteiger partial charge in [-0.05, 0) is 30.3 Å². The number of aromatic nitrogens is 1. The maximum Gasteiger partial charge on any atom is 0.257 e. The molecule has 1 amide bonds. The van der Waals surface area contributed by atoms with E-state index in [1.165, 1.54) is 12.1 Å². The lowest BCUT2D eigenvalue weighted by Crippen LogP contribution is -2.38. The molecule has 0 aliphatic rings. The van der Waals surface area contributed by atoms with Crippen LogP contribution in [0.2, 0.25) is 0 Å². The van der Waals surface area contributed by atoms with Crippen LogP contribution in [0.5, 0.6) is 0 Å². The summed E-state index contributed by atoms with van der Waals surface area (Å²) in [6, 6.07) is 9.92. The van der Waals surface area contributed by atoms with Gasteiger partial charge >= 0.3 is 0 Å². The third kappa shape index (κ3) is 6.90. The number of hydrogen-bond acceptors (Lipinski definition) is 2. The van der Waals surface area contributed by atoms with E-state index < -0.39 is 0 Å². The smallest absolute Gasteiger partial charge is 0.257 e. The van der Waals surface area contributed by atoms with Crippen LogP contribution in [-0.2, 0) is 6.54 Å². The van der Waals surface area contributed by atoms with Gasteiger partial charge in [-0.25, -0.2) is 4.39 Å². The average molecular weight is 399 g/mol. The number of pyridine rings is 1. The molecule has 0 saturated carbocycles. The number of nitrogens with one attached hydrogen (secondary N) is 1. The fourth-order valence-electron chi connectivity index (χ4n) is 2.56. The summed E-state index contributed by atoms with van der Waals surface area (Å²) in [6.45, 7) is 3.29. The van der Waals surface area contributed by atoms with Gasteiger partial charge in [-0.1, -0.05) is 0 Å². The highest BCUT2D eigenvalue weighted by Crippen LogP contribution is 2.03. The minimum absolute atomic E-state index is 0.129. The van der Waals surface area contributed by atoms with Crippen molar-refractivity contribution in [1.29, 1.82) is 0 Å². The van der Waals surface area contributed by atoms with E-state index in [9.17, 15) is 9.18 Å². The molecular formula is C19H23Cl2FN3O+. The Balaban J connectivity index is 1.89. The van der Waals surface area contributed by atoms with Gasteiger partial charge in [0.15, 0.2) is 18.9 Å². The third-order valence-corrected chi connectivity index (χ3v) is 4.25. The van der Waals surface area contributed by atoms with Crippen LogP contribution >= 0.6 is 23.2 Å². The topological polar surface area (TPSA) is 36.2 Å². The molecule has 2 aromatic rings. The molecule has 0 radical (unpaired) electrons. The normalized spacial score (nSPS) is 10.9. The van der Waals surface area contributed by atoms with Crippen molar-refractivity contribution in [3.05, 3.63) is 65.7 Å². The molecule has 0 aliphatic carbocycles. The van der Waals surface area contributed by atoms with Gasteiger partial charge in [0.05, 0.1) is 0 Å². The zero-order valence-electron chi connectivity index (χ0n) is 14.5. The Kier molecular flexibility index (Phi) is 8.81. The van der Waals surface area contributed by atoms with E-state index in [0.29, 0.717) is 37.0 Å². The van der Waals surface area contributed by atoms with Gasteiger partial charge in [-0.15, -0.1) is 23.2 Å². The largest absolute Gasteiger partial charge is 0.351 e. The molecule has 0 unspecified atom stereocenters. The summed E-state index contributed by atoms with van der Waals surface area (Å²) in [5, 5.41) is 2.92. The molecule has 0 fully saturated rings. The summed E-state index contributed by atoms with van der Waals surface area (Å²) in [5.74, 6) is 0.680. The number of amides is 1. The number of nitrogens with zero attached hydrogens (tertiary/aromatic N) is 2. The first-order chi connectivity index (χ1) is 12.6. The zero-order valence-corrected chi connectivity index (χ0v) is 16.0. The maximum absolute atomic E-state index is 13.0. The quantitative estimate of drug-likeness (QED) is 0.493.